The molecule has 0 spiro atoms. The topological polar surface area (TPSA) is 41.1 Å². The lowest BCUT2D eigenvalue weighted by molar-refractivity contribution is -0.122. The van der Waals surface area contributed by atoms with Crippen molar-refractivity contribution in [3.8, 4) is 0 Å². The number of carbonyl (C=O) groups excluding carboxylic acids is 1. The molecular formula is C10H18N2O. The Balaban J connectivity index is 2.09. The van der Waals surface area contributed by atoms with E-state index < -0.39 is 0 Å². The summed E-state index contributed by atoms with van der Waals surface area (Å²) in [4.78, 5) is 10.8. The van der Waals surface area contributed by atoms with E-state index in [4.69, 9.17) is 0 Å². The number of carbonyl (C=O) groups is 1. The van der Waals surface area contributed by atoms with E-state index in [1.807, 2.05) is 6.92 Å². The third-order valence-electron chi connectivity index (χ3n) is 2.25. The second kappa shape index (κ2) is 5.02. The van der Waals surface area contributed by atoms with Gasteiger partial charge in [-0.2, -0.15) is 0 Å². The van der Waals surface area contributed by atoms with Crippen LogP contribution in [0, 0.1) is 0 Å². The molecule has 0 radical (unpaired) electrons. The molecule has 1 aliphatic rings. The highest BCUT2D eigenvalue weighted by molar-refractivity contribution is 5.76. The fraction of sp³-hybridized carbons (Fsp3) is 0.700. The number of amides is 1. The molecule has 3 heteroatoms. The molecule has 0 aliphatic carbocycles. The van der Waals surface area contributed by atoms with Gasteiger partial charge in [-0.3, -0.25) is 4.79 Å². The SMILES string of the molecule is C=C(C)CCNC1CCC(=O)NC1. The molecule has 1 atom stereocenters. The first-order chi connectivity index (χ1) is 6.18. The Labute approximate surface area is 79.6 Å². The predicted octanol–water partition coefficient (Wildman–Crippen LogP) is 0.821. The molecule has 0 bridgehead atoms. The highest BCUT2D eigenvalue weighted by Gasteiger charge is 2.16. The summed E-state index contributed by atoms with van der Waals surface area (Å²) in [5, 5.41) is 6.24. The number of nitrogens with one attached hydrogen (secondary N) is 2. The molecule has 74 valence electrons. The van der Waals surface area contributed by atoms with Crippen LogP contribution in [0.25, 0.3) is 0 Å². The minimum absolute atomic E-state index is 0.179. The Bertz CT molecular complexity index is 191. The van der Waals surface area contributed by atoms with Gasteiger partial charge in [-0.15, -0.1) is 6.58 Å². The fourth-order valence-electron chi connectivity index (χ4n) is 1.40. The zero-order valence-corrected chi connectivity index (χ0v) is 8.23. The molecule has 0 aromatic heterocycles. The smallest absolute Gasteiger partial charge is 0.220 e. The van der Waals surface area contributed by atoms with E-state index in [-0.39, 0.29) is 5.91 Å². The first-order valence-corrected chi connectivity index (χ1v) is 4.83. The molecular weight excluding hydrogens is 164 g/mol. The Kier molecular flexibility index (Phi) is 3.96. The van der Waals surface area contributed by atoms with Gasteiger partial charge in [0.25, 0.3) is 0 Å². The lowest BCUT2D eigenvalue weighted by Crippen LogP contribution is -2.45. The molecule has 2 N–H and O–H groups in total. The quantitative estimate of drug-likeness (QED) is 0.632. The normalized spacial score (nSPS) is 22.5. The molecule has 1 amide bonds. The molecule has 1 rings (SSSR count). The van der Waals surface area contributed by atoms with E-state index in [0.29, 0.717) is 12.5 Å². The van der Waals surface area contributed by atoms with Crippen molar-refractivity contribution in [3.63, 3.8) is 0 Å². The molecule has 13 heavy (non-hydrogen) atoms. The minimum atomic E-state index is 0.179. The molecule has 3 nitrogen and oxygen atoms in total. The standard InChI is InChI=1S/C10H18N2O/c1-8(2)5-6-11-9-3-4-10(13)12-7-9/h9,11H,1,3-7H2,2H3,(H,12,13). The number of piperidine rings is 1. The Hall–Kier alpha value is -0.830. The molecule has 1 saturated heterocycles. The van der Waals surface area contributed by atoms with Gasteiger partial charge < -0.3 is 10.6 Å². The summed E-state index contributed by atoms with van der Waals surface area (Å²) < 4.78 is 0. The third kappa shape index (κ3) is 4.08. The maximum atomic E-state index is 10.8. The van der Waals surface area contributed by atoms with Gasteiger partial charge in [0.15, 0.2) is 0 Å². The maximum Gasteiger partial charge on any atom is 0.220 e. The summed E-state index contributed by atoms with van der Waals surface area (Å²) in [7, 11) is 0. The average molecular weight is 182 g/mol. The molecule has 0 aromatic rings. The molecule has 1 heterocycles. The van der Waals surface area contributed by atoms with Crippen molar-refractivity contribution >= 4 is 5.91 Å². The van der Waals surface area contributed by atoms with Crippen molar-refractivity contribution in [1.82, 2.24) is 10.6 Å². The number of hydrogen-bond acceptors (Lipinski definition) is 2. The van der Waals surface area contributed by atoms with Gasteiger partial charge in [-0.1, -0.05) is 5.57 Å². The van der Waals surface area contributed by atoms with Gasteiger partial charge in [0, 0.05) is 19.0 Å². The molecule has 1 unspecified atom stereocenters. The second-order valence-corrected chi connectivity index (χ2v) is 3.70. The molecule has 1 aliphatic heterocycles. The third-order valence-corrected chi connectivity index (χ3v) is 2.25. The van der Waals surface area contributed by atoms with Crippen molar-refractivity contribution in [2.75, 3.05) is 13.1 Å². The summed E-state index contributed by atoms with van der Waals surface area (Å²) in [5.74, 6) is 0.179. The van der Waals surface area contributed by atoms with Crippen LogP contribution >= 0.6 is 0 Å². The van der Waals surface area contributed by atoms with E-state index >= 15 is 0 Å². The van der Waals surface area contributed by atoms with E-state index in [0.717, 1.165) is 25.9 Å². The van der Waals surface area contributed by atoms with E-state index in [1.54, 1.807) is 0 Å². The van der Waals surface area contributed by atoms with Crippen LogP contribution in [0.3, 0.4) is 0 Å². The zero-order valence-electron chi connectivity index (χ0n) is 8.23. The van der Waals surface area contributed by atoms with Gasteiger partial charge in [0.1, 0.15) is 0 Å². The number of rotatable bonds is 4. The Morgan fingerprint density at radius 2 is 2.54 bits per heavy atom. The largest absolute Gasteiger partial charge is 0.355 e. The average Bonchev–Trinajstić information content (AvgIpc) is 2.08. The van der Waals surface area contributed by atoms with Crippen LogP contribution in [0.1, 0.15) is 26.2 Å². The zero-order chi connectivity index (χ0) is 9.68. The van der Waals surface area contributed by atoms with Gasteiger partial charge in [0.05, 0.1) is 0 Å². The highest BCUT2D eigenvalue weighted by Crippen LogP contribution is 2.03. The van der Waals surface area contributed by atoms with Gasteiger partial charge >= 0.3 is 0 Å². The molecule has 0 saturated carbocycles. The van der Waals surface area contributed by atoms with E-state index in [1.165, 1.54) is 5.57 Å². The van der Waals surface area contributed by atoms with E-state index in [9.17, 15) is 4.79 Å². The first kappa shape index (κ1) is 10.3. The summed E-state index contributed by atoms with van der Waals surface area (Å²) in [6.07, 6.45) is 2.64. The predicted molar refractivity (Wildman–Crippen MR) is 53.5 cm³/mol. The van der Waals surface area contributed by atoms with Gasteiger partial charge in [-0.25, -0.2) is 0 Å². The van der Waals surface area contributed by atoms with Crippen molar-refractivity contribution in [1.29, 1.82) is 0 Å². The Morgan fingerprint density at radius 3 is 3.08 bits per heavy atom. The second-order valence-electron chi connectivity index (χ2n) is 3.70. The van der Waals surface area contributed by atoms with Gasteiger partial charge in [-0.05, 0) is 26.3 Å². The summed E-state index contributed by atoms with van der Waals surface area (Å²) in [5.41, 5.74) is 1.20. The van der Waals surface area contributed by atoms with Crippen molar-refractivity contribution in [2.45, 2.75) is 32.2 Å². The first-order valence-electron chi connectivity index (χ1n) is 4.83. The molecule has 1 fully saturated rings. The van der Waals surface area contributed by atoms with Crippen molar-refractivity contribution in [2.24, 2.45) is 0 Å². The lowest BCUT2D eigenvalue weighted by Gasteiger charge is -2.23. The highest BCUT2D eigenvalue weighted by atomic mass is 16.1. The van der Waals surface area contributed by atoms with Crippen molar-refractivity contribution in [3.05, 3.63) is 12.2 Å². The molecule has 0 aromatic carbocycles. The summed E-state index contributed by atoms with van der Waals surface area (Å²) in [6, 6.07) is 0.456. The monoisotopic (exact) mass is 182 g/mol. The minimum Gasteiger partial charge on any atom is -0.355 e. The Morgan fingerprint density at radius 1 is 1.77 bits per heavy atom. The number of hydrogen-bond donors (Lipinski definition) is 2. The van der Waals surface area contributed by atoms with Crippen LogP contribution in [0.2, 0.25) is 0 Å². The van der Waals surface area contributed by atoms with Crippen LogP contribution in [-0.2, 0) is 4.79 Å². The van der Waals surface area contributed by atoms with Crippen LogP contribution < -0.4 is 10.6 Å². The lowest BCUT2D eigenvalue weighted by atomic mass is 10.1. The van der Waals surface area contributed by atoms with Gasteiger partial charge in [0.2, 0.25) is 5.91 Å². The maximum absolute atomic E-state index is 10.8. The summed E-state index contributed by atoms with van der Waals surface area (Å²) in [6.45, 7) is 7.61. The van der Waals surface area contributed by atoms with Crippen LogP contribution in [0.15, 0.2) is 12.2 Å². The fourth-order valence-corrected chi connectivity index (χ4v) is 1.40. The van der Waals surface area contributed by atoms with Crippen LogP contribution in [-0.4, -0.2) is 25.0 Å². The van der Waals surface area contributed by atoms with E-state index in [2.05, 4.69) is 17.2 Å². The van der Waals surface area contributed by atoms with Crippen molar-refractivity contribution < 1.29 is 4.79 Å². The van der Waals surface area contributed by atoms with Crippen LogP contribution in [0.4, 0.5) is 0 Å². The summed E-state index contributed by atoms with van der Waals surface area (Å²) >= 11 is 0. The van der Waals surface area contributed by atoms with Crippen LogP contribution in [0.5, 0.6) is 0 Å².